The smallest absolute Gasteiger partial charge is 0.205 e. The highest BCUT2D eigenvalue weighted by Gasteiger charge is 2.38. The predicted octanol–water partition coefficient (Wildman–Crippen LogP) is 0.418. The molecule has 5 heteroatoms. The number of hydrogen-bond acceptors (Lipinski definition) is 5. The lowest BCUT2D eigenvalue weighted by Crippen LogP contribution is -2.60. The first-order valence-corrected chi connectivity index (χ1v) is 4.62. The Labute approximate surface area is 75.0 Å². The largest absolute Gasteiger partial charge is 0.386 e. The van der Waals surface area contributed by atoms with Gasteiger partial charge in [0.15, 0.2) is 0 Å². The van der Waals surface area contributed by atoms with Gasteiger partial charge in [-0.1, -0.05) is 0 Å². The van der Waals surface area contributed by atoms with Gasteiger partial charge in [-0.15, -0.1) is 0 Å². The minimum absolute atomic E-state index is 0.528. The van der Waals surface area contributed by atoms with Crippen molar-refractivity contribution < 1.29 is 5.11 Å². The lowest BCUT2D eigenvalue weighted by atomic mass is 9.98. The van der Waals surface area contributed by atoms with Crippen LogP contribution in [0.3, 0.4) is 0 Å². The SMILES string of the molecule is Cc1nsc(N2CC(C)(O)C2)n1. The first-order chi connectivity index (χ1) is 5.57. The molecule has 0 radical (unpaired) electrons. The van der Waals surface area contributed by atoms with Gasteiger partial charge < -0.3 is 10.0 Å². The van der Waals surface area contributed by atoms with E-state index >= 15 is 0 Å². The van der Waals surface area contributed by atoms with Crippen molar-refractivity contribution in [3.05, 3.63) is 5.82 Å². The van der Waals surface area contributed by atoms with E-state index in [0.717, 1.165) is 11.0 Å². The normalized spacial score (nSPS) is 20.8. The molecular formula is C7H11N3OS. The lowest BCUT2D eigenvalue weighted by molar-refractivity contribution is 0.0310. The van der Waals surface area contributed by atoms with E-state index in [0.29, 0.717) is 13.1 Å². The fraction of sp³-hybridized carbons (Fsp3) is 0.714. The Morgan fingerprint density at radius 1 is 1.58 bits per heavy atom. The van der Waals surface area contributed by atoms with Crippen LogP contribution in [0.1, 0.15) is 12.7 Å². The van der Waals surface area contributed by atoms with Crippen LogP contribution in [0, 0.1) is 6.92 Å². The minimum Gasteiger partial charge on any atom is -0.386 e. The fourth-order valence-corrected chi connectivity index (χ4v) is 2.00. The summed E-state index contributed by atoms with van der Waals surface area (Å²) in [6.45, 7) is 5.04. The summed E-state index contributed by atoms with van der Waals surface area (Å²) in [6.07, 6.45) is 0. The first-order valence-electron chi connectivity index (χ1n) is 3.84. The van der Waals surface area contributed by atoms with Crippen molar-refractivity contribution in [1.82, 2.24) is 9.36 Å². The summed E-state index contributed by atoms with van der Waals surface area (Å²) < 4.78 is 4.07. The van der Waals surface area contributed by atoms with Crippen LogP contribution >= 0.6 is 11.5 Å². The highest BCUT2D eigenvalue weighted by atomic mass is 32.1. The van der Waals surface area contributed by atoms with Gasteiger partial charge in [0.25, 0.3) is 0 Å². The van der Waals surface area contributed by atoms with Crippen LogP contribution in [0.2, 0.25) is 0 Å². The Morgan fingerprint density at radius 3 is 2.67 bits per heavy atom. The third-order valence-corrected chi connectivity index (χ3v) is 2.72. The van der Waals surface area contributed by atoms with E-state index in [-0.39, 0.29) is 0 Å². The number of aryl methyl sites for hydroxylation is 1. The van der Waals surface area contributed by atoms with E-state index < -0.39 is 5.60 Å². The second-order valence-corrected chi connectivity index (χ2v) is 4.21. The highest BCUT2D eigenvalue weighted by Crippen LogP contribution is 2.27. The van der Waals surface area contributed by atoms with Gasteiger partial charge in [-0.3, -0.25) is 0 Å². The Balaban J connectivity index is 2.06. The molecule has 1 saturated heterocycles. The molecule has 1 aliphatic rings. The maximum atomic E-state index is 9.47. The third-order valence-electron chi connectivity index (χ3n) is 1.85. The van der Waals surface area contributed by atoms with E-state index in [1.54, 1.807) is 0 Å². The number of hydrogen-bond donors (Lipinski definition) is 1. The van der Waals surface area contributed by atoms with Gasteiger partial charge in [0.2, 0.25) is 5.13 Å². The second-order valence-electron chi connectivity index (χ2n) is 3.48. The molecule has 2 rings (SSSR count). The van der Waals surface area contributed by atoms with E-state index in [1.807, 2.05) is 18.7 Å². The molecule has 0 aromatic carbocycles. The molecular weight excluding hydrogens is 174 g/mol. The van der Waals surface area contributed by atoms with Crippen LogP contribution in [0.4, 0.5) is 5.13 Å². The van der Waals surface area contributed by atoms with Gasteiger partial charge in [0, 0.05) is 11.5 Å². The Bertz CT molecular complexity index is 289. The Morgan fingerprint density at radius 2 is 2.25 bits per heavy atom. The summed E-state index contributed by atoms with van der Waals surface area (Å²) in [6, 6.07) is 0. The van der Waals surface area contributed by atoms with Gasteiger partial charge in [-0.25, -0.2) is 4.98 Å². The molecule has 0 unspecified atom stereocenters. The minimum atomic E-state index is -0.528. The number of β-amino-alcohol motifs (C(OH)–C–C–N with tert-alkyl or cyclic N) is 1. The van der Waals surface area contributed by atoms with E-state index in [2.05, 4.69) is 9.36 Å². The van der Waals surface area contributed by atoms with E-state index in [9.17, 15) is 5.11 Å². The molecule has 2 heterocycles. The number of nitrogens with zero attached hydrogens (tertiary/aromatic N) is 3. The van der Waals surface area contributed by atoms with Gasteiger partial charge in [0.1, 0.15) is 5.82 Å². The van der Waals surface area contributed by atoms with Crippen LogP contribution in [-0.2, 0) is 0 Å². The fourth-order valence-electron chi connectivity index (χ4n) is 1.33. The number of aromatic nitrogens is 2. The summed E-state index contributed by atoms with van der Waals surface area (Å²) in [5.41, 5.74) is -0.528. The van der Waals surface area contributed by atoms with Crippen molar-refractivity contribution in [2.24, 2.45) is 0 Å². The molecule has 0 spiro atoms. The molecule has 1 aromatic heterocycles. The predicted molar refractivity (Wildman–Crippen MR) is 47.5 cm³/mol. The zero-order chi connectivity index (χ0) is 8.77. The number of aliphatic hydroxyl groups is 1. The Kier molecular flexibility index (Phi) is 1.59. The number of rotatable bonds is 1. The first kappa shape index (κ1) is 7.94. The standard InChI is InChI=1S/C7H11N3OS/c1-5-8-6(12-9-5)10-3-7(2,11)4-10/h11H,3-4H2,1-2H3. The monoisotopic (exact) mass is 185 g/mol. The van der Waals surface area contributed by atoms with Crippen LogP contribution in [-0.4, -0.2) is 33.2 Å². The summed E-state index contributed by atoms with van der Waals surface area (Å²) in [4.78, 5) is 6.25. The summed E-state index contributed by atoms with van der Waals surface area (Å²) in [5.74, 6) is 0.807. The topological polar surface area (TPSA) is 49.2 Å². The molecule has 0 amide bonds. The molecule has 1 fully saturated rings. The van der Waals surface area contributed by atoms with Crippen LogP contribution in [0.25, 0.3) is 0 Å². The molecule has 66 valence electrons. The molecule has 1 aromatic rings. The average molecular weight is 185 g/mol. The molecule has 0 bridgehead atoms. The van der Waals surface area contributed by atoms with Crippen molar-refractivity contribution in [2.75, 3.05) is 18.0 Å². The van der Waals surface area contributed by atoms with Crippen molar-refractivity contribution in [1.29, 1.82) is 0 Å². The van der Waals surface area contributed by atoms with E-state index in [4.69, 9.17) is 0 Å². The van der Waals surface area contributed by atoms with Crippen molar-refractivity contribution >= 4 is 16.7 Å². The summed E-state index contributed by atoms with van der Waals surface area (Å²) in [7, 11) is 0. The van der Waals surface area contributed by atoms with Crippen LogP contribution in [0.15, 0.2) is 0 Å². The van der Waals surface area contributed by atoms with Crippen molar-refractivity contribution in [3.63, 3.8) is 0 Å². The lowest BCUT2D eigenvalue weighted by Gasteiger charge is -2.43. The maximum absolute atomic E-state index is 9.47. The zero-order valence-corrected chi connectivity index (χ0v) is 7.93. The third kappa shape index (κ3) is 1.30. The average Bonchev–Trinajstić information content (AvgIpc) is 2.30. The van der Waals surface area contributed by atoms with E-state index in [1.165, 1.54) is 11.5 Å². The van der Waals surface area contributed by atoms with Crippen molar-refractivity contribution in [2.45, 2.75) is 19.4 Å². The van der Waals surface area contributed by atoms with Gasteiger partial charge in [0.05, 0.1) is 18.7 Å². The maximum Gasteiger partial charge on any atom is 0.205 e. The Hall–Kier alpha value is -0.680. The van der Waals surface area contributed by atoms with Crippen molar-refractivity contribution in [3.8, 4) is 0 Å². The van der Waals surface area contributed by atoms with Crippen LogP contribution in [0.5, 0.6) is 0 Å². The quantitative estimate of drug-likeness (QED) is 0.688. The summed E-state index contributed by atoms with van der Waals surface area (Å²) in [5, 5.41) is 10.4. The second kappa shape index (κ2) is 2.40. The molecule has 12 heavy (non-hydrogen) atoms. The molecule has 1 N–H and O–H groups in total. The zero-order valence-electron chi connectivity index (χ0n) is 7.11. The summed E-state index contributed by atoms with van der Waals surface area (Å²) >= 11 is 1.39. The van der Waals surface area contributed by atoms with Crippen LogP contribution < -0.4 is 4.90 Å². The molecule has 0 saturated carbocycles. The van der Waals surface area contributed by atoms with Gasteiger partial charge >= 0.3 is 0 Å². The number of anilines is 1. The molecule has 4 nitrogen and oxygen atoms in total. The van der Waals surface area contributed by atoms with Gasteiger partial charge in [-0.05, 0) is 13.8 Å². The highest BCUT2D eigenvalue weighted by molar-refractivity contribution is 7.09. The molecule has 0 atom stereocenters. The molecule has 1 aliphatic heterocycles. The van der Waals surface area contributed by atoms with Gasteiger partial charge in [-0.2, -0.15) is 4.37 Å². The molecule has 0 aliphatic carbocycles.